The summed E-state index contributed by atoms with van der Waals surface area (Å²) in [6, 6.07) is 23.5. The van der Waals surface area contributed by atoms with E-state index in [1.54, 1.807) is 0 Å². The SMILES string of the molecule is CC(=O)Oc1ccc2c3c1O[C@H]1[C@@H](N(CC(C)C)C(=O)C#Cc4ccccc4)CC[C@H]4[C@@H](C2)N(CC(O)c2ccccc2)CC[C@@]341. The van der Waals surface area contributed by atoms with Crippen molar-refractivity contribution in [2.45, 2.75) is 76.2 Å². The lowest BCUT2D eigenvalue weighted by atomic mass is 9.51. The van der Waals surface area contributed by atoms with E-state index in [0.29, 0.717) is 24.6 Å². The number of β-amino-alcohol motifs (C(OH)–C–C–N with tert-alkyl or cyclic N) is 1. The van der Waals surface area contributed by atoms with E-state index in [9.17, 15) is 14.7 Å². The van der Waals surface area contributed by atoms with Crippen LogP contribution in [-0.4, -0.2) is 64.6 Å². The highest BCUT2D eigenvalue weighted by molar-refractivity contribution is 5.94. The fraction of sp³-hybridized carbons (Fsp3) is 0.436. The van der Waals surface area contributed by atoms with Gasteiger partial charge in [-0.05, 0) is 73.4 Å². The zero-order valence-electron chi connectivity index (χ0n) is 26.8. The molecule has 7 rings (SSSR count). The van der Waals surface area contributed by atoms with E-state index in [-0.39, 0.29) is 47.3 Å². The van der Waals surface area contributed by atoms with Crippen LogP contribution in [0.25, 0.3) is 0 Å². The molecule has 46 heavy (non-hydrogen) atoms. The summed E-state index contributed by atoms with van der Waals surface area (Å²) in [7, 11) is 0. The number of rotatable bonds is 7. The number of amides is 1. The third-order valence-electron chi connectivity index (χ3n) is 10.5. The van der Waals surface area contributed by atoms with Gasteiger partial charge in [0.15, 0.2) is 11.5 Å². The fourth-order valence-electron chi connectivity index (χ4n) is 8.85. The number of carbonyl (C=O) groups excluding carboxylic acids is 2. The number of aliphatic hydroxyl groups is 1. The molecular formula is C39H42N2O5. The first-order valence-electron chi connectivity index (χ1n) is 16.6. The molecule has 1 amide bonds. The van der Waals surface area contributed by atoms with Crippen LogP contribution in [0.1, 0.15) is 68.4 Å². The molecule has 2 heterocycles. The van der Waals surface area contributed by atoms with Gasteiger partial charge >= 0.3 is 5.97 Å². The van der Waals surface area contributed by atoms with E-state index >= 15 is 0 Å². The molecule has 2 aliphatic carbocycles. The smallest absolute Gasteiger partial charge is 0.308 e. The maximum Gasteiger partial charge on any atom is 0.308 e. The number of hydrogen-bond acceptors (Lipinski definition) is 6. The Bertz CT molecular complexity index is 1680. The van der Waals surface area contributed by atoms with Crippen molar-refractivity contribution in [3.05, 3.63) is 95.1 Å². The van der Waals surface area contributed by atoms with Gasteiger partial charge in [-0.3, -0.25) is 14.5 Å². The van der Waals surface area contributed by atoms with Crippen molar-refractivity contribution in [1.82, 2.24) is 9.80 Å². The van der Waals surface area contributed by atoms with Crippen molar-refractivity contribution >= 4 is 11.9 Å². The van der Waals surface area contributed by atoms with Crippen molar-refractivity contribution in [3.8, 4) is 23.3 Å². The predicted octanol–water partition coefficient (Wildman–Crippen LogP) is 5.29. The van der Waals surface area contributed by atoms with Gasteiger partial charge in [-0.2, -0.15) is 0 Å². The van der Waals surface area contributed by atoms with E-state index in [0.717, 1.165) is 48.9 Å². The van der Waals surface area contributed by atoms with Crippen LogP contribution in [0.4, 0.5) is 0 Å². The number of nitrogens with zero attached hydrogens (tertiary/aromatic N) is 2. The lowest BCUT2D eigenvalue weighted by molar-refractivity contribution is -0.138. The van der Waals surface area contributed by atoms with Crippen LogP contribution < -0.4 is 9.47 Å². The molecule has 4 aliphatic rings. The average molecular weight is 619 g/mol. The Labute approximate surface area is 271 Å². The molecule has 1 saturated heterocycles. The Morgan fingerprint density at radius 2 is 1.80 bits per heavy atom. The van der Waals surface area contributed by atoms with E-state index in [4.69, 9.17) is 9.47 Å². The maximum atomic E-state index is 14.0. The molecule has 1 unspecified atom stereocenters. The molecular weight excluding hydrogens is 576 g/mol. The summed E-state index contributed by atoms with van der Waals surface area (Å²) < 4.78 is 12.7. The standard InChI is InChI=1S/C39H42N2O5/c1-25(2)23-41(35(44)19-14-27-10-6-4-7-11-27)31-17-16-30-32-22-29-15-18-34(45-26(3)42)37-36(29)39(30,38(31)46-37)20-21-40(32)24-33(43)28-12-8-5-9-13-28/h4-13,15,18,25,30-33,38,43H,16-17,20-24H2,1-3H3/t30-,31-,32+,33?,38-,39-/m0/s1. The van der Waals surface area contributed by atoms with Gasteiger partial charge in [0.25, 0.3) is 5.91 Å². The maximum absolute atomic E-state index is 14.0. The Balaban J connectivity index is 1.27. The summed E-state index contributed by atoms with van der Waals surface area (Å²) >= 11 is 0. The number of esters is 1. The van der Waals surface area contributed by atoms with Crippen LogP contribution in [-0.2, 0) is 21.4 Å². The van der Waals surface area contributed by atoms with Gasteiger partial charge in [-0.15, -0.1) is 0 Å². The van der Waals surface area contributed by atoms with Gasteiger partial charge in [0.2, 0.25) is 0 Å². The molecule has 3 aromatic carbocycles. The molecule has 1 N–H and O–H groups in total. The summed E-state index contributed by atoms with van der Waals surface area (Å²) in [5.74, 6) is 7.11. The van der Waals surface area contributed by atoms with Gasteiger partial charge in [-0.25, -0.2) is 0 Å². The third kappa shape index (κ3) is 5.28. The number of likely N-dealkylation sites (tertiary alicyclic amines) is 1. The predicted molar refractivity (Wildman–Crippen MR) is 175 cm³/mol. The second kappa shape index (κ2) is 12.2. The summed E-state index contributed by atoms with van der Waals surface area (Å²) in [6.45, 7) is 7.62. The zero-order valence-corrected chi connectivity index (χ0v) is 26.8. The van der Waals surface area contributed by atoms with E-state index in [2.05, 4.69) is 36.7 Å². The average Bonchev–Trinajstić information content (AvgIpc) is 3.40. The number of aliphatic hydroxyl groups excluding tert-OH is 1. The normalized spacial score (nSPS) is 26.3. The molecule has 238 valence electrons. The summed E-state index contributed by atoms with van der Waals surface area (Å²) in [4.78, 5) is 30.6. The van der Waals surface area contributed by atoms with Gasteiger partial charge in [-0.1, -0.05) is 74.4 Å². The molecule has 0 radical (unpaired) electrons. The first-order chi connectivity index (χ1) is 22.3. The van der Waals surface area contributed by atoms with Crippen LogP contribution in [0.3, 0.4) is 0 Å². The third-order valence-corrected chi connectivity index (χ3v) is 10.5. The largest absolute Gasteiger partial charge is 0.483 e. The Morgan fingerprint density at radius 3 is 2.52 bits per heavy atom. The minimum absolute atomic E-state index is 0.179. The molecule has 2 bridgehead atoms. The highest BCUT2D eigenvalue weighted by Gasteiger charge is 2.66. The number of carbonyl (C=O) groups is 2. The zero-order chi connectivity index (χ0) is 32.0. The molecule has 2 fully saturated rings. The van der Waals surface area contributed by atoms with Crippen LogP contribution >= 0.6 is 0 Å². The Hall–Kier alpha value is -4.12. The Kier molecular flexibility index (Phi) is 8.12. The molecule has 7 heteroatoms. The van der Waals surface area contributed by atoms with Crippen molar-refractivity contribution in [2.75, 3.05) is 19.6 Å². The first kappa shape index (κ1) is 30.5. The second-order valence-electron chi connectivity index (χ2n) is 13.8. The number of benzene rings is 3. The number of ether oxygens (including phenoxy) is 2. The van der Waals surface area contributed by atoms with Crippen LogP contribution in [0, 0.1) is 23.7 Å². The monoisotopic (exact) mass is 618 g/mol. The molecule has 6 atom stereocenters. The lowest BCUT2D eigenvalue weighted by Gasteiger charge is -2.60. The highest BCUT2D eigenvalue weighted by Crippen LogP contribution is 2.64. The summed E-state index contributed by atoms with van der Waals surface area (Å²) in [6.07, 6.45) is 2.53. The van der Waals surface area contributed by atoms with Crippen LogP contribution in [0.5, 0.6) is 11.5 Å². The van der Waals surface area contributed by atoms with E-state index in [1.165, 1.54) is 12.5 Å². The number of hydrogen-bond donors (Lipinski definition) is 1. The Morgan fingerprint density at radius 1 is 1.07 bits per heavy atom. The van der Waals surface area contributed by atoms with Crippen molar-refractivity contribution < 1.29 is 24.2 Å². The quantitative estimate of drug-likeness (QED) is 0.220. The van der Waals surface area contributed by atoms with Crippen LogP contribution in [0.15, 0.2) is 72.8 Å². The molecule has 0 aromatic heterocycles. The highest BCUT2D eigenvalue weighted by atomic mass is 16.6. The molecule has 3 aromatic rings. The fourth-order valence-corrected chi connectivity index (χ4v) is 8.85. The molecule has 1 saturated carbocycles. The molecule has 1 spiro atoms. The topological polar surface area (TPSA) is 79.3 Å². The van der Waals surface area contributed by atoms with Gasteiger partial charge < -0.3 is 19.5 Å². The summed E-state index contributed by atoms with van der Waals surface area (Å²) in [5, 5.41) is 11.3. The van der Waals surface area contributed by atoms with Crippen molar-refractivity contribution in [1.29, 1.82) is 0 Å². The van der Waals surface area contributed by atoms with Crippen molar-refractivity contribution in [3.63, 3.8) is 0 Å². The first-order valence-corrected chi connectivity index (χ1v) is 16.6. The minimum Gasteiger partial charge on any atom is -0.483 e. The number of piperidine rings is 1. The van der Waals surface area contributed by atoms with Gasteiger partial charge in [0, 0.05) is 48.5 Å². The lowest BCUT2D eigenvalue weighted by Crippen LogP contribution is -2.69. The van der Waals surface area contributed by atoms with Gasteiger partial charge in [0.05, 0.1) is 12.1 Å². The van der Waals surface area contributed by atoms with Gasteiger partial charge in [0.1, 0.15) is 6.10 Å². The molecule has 2 aliphatic heterocycles. The van der Waals surface area contributed by atoms with E-state index in [1.807, 2.05) is 71.6 Å². The summed E-state index contributed by atoms with van der Waals surface area (Å²) in [5.41, 5.74) is 3.78. The minimum atomic E-state index is -0.576. The van der Waals surface area contributed by atoms with Crippen molar-refractivity contribution in [2.24, 2.45) is 11.8 Å². The van der Waals surface area contributed by atoms with E-state index < -0.39 is 6.10 Å². The molecule has 7 nitrogen and oxygen atoms in total. The second-order valence-corrected chi connectivity index (χ2v) is 13.8. The van der Waals surface area contributed by atoms with Crippen LogP contribution in [0.2, 0.25) is 0 Å².